The first-order valence-corrected chi connectivity index (χ1v) is 8.68. The normalized spacial score (nSPS) is 17.7. The Morgan fingerprint density at radius 1 is 1.38 bits per heavy atom. The van der Waals surface area contributed by atoms with E-state index in [9.17, 15) is 10.1 Å². The number of hydrogen-bond donors (Lipinski definition) is 1. The van der Waals surface area contributed by atoms with Gasteiger partial charge < -0.3 is 5.32 Å². The van der Waals surface area contributed by atoms with Crippen molar-refractivity contribution in [2.75, 3.05) is 19.6 Å². The number of piperazine rings is 1. The number of hydrogen-bond acceptors (Lipinski definition) is 5. The number of pyridine rings is 1. The number of benzene rings is 1. The molecule has 1 aliphatic heterocycles. The van der Waals surface area contributed by atoms with Crippen LogP contribution in [0.2, 0.25) is 0 Å². The van der Waals surface area contributed by atoms with E-state index in [0.29, 0.717) is 6.54 Å². The maximum atomic E-state index is 11.4. The number of rotatable bonds is 5. The fourth-order valence-electron chi connectivity index (χ4n) is 3.41. The first kappa shape index (κ1) is 20.3. The lowest BCUT2D eigenvalue weighted by Gasteiger charge is -2.36. The highest BCUT2D eigenvalue weighted by Crippen LogP contribution is 2.29. The molecule has 26 heavy (non-hydrogen) atoms. The maximum Gasteiger partial charge on any atom is 0.273 e. The lowest BCUT2D eigenvalue weighted by molar-refractivity contribution is -0.385. The minimum atomic E-state index is -0.269. The van der Waals surface area contributed by atoms with Crippen LogP contribution in [-0.2, 0) is 6.54 Å². The maximum absolute atomic E-state index is 11.4. The summed E-state index contributed by atoms with van der Waals surface area (Å²) in [5.41, 5.74) is 3.16. The summed E-state index contributed by atoms with van der Waals surface area (Å²) in [5, 5.41) is 14.9. The Morgan fingerprint density at radius 3 is 2.85 bits per heavy atom. The Balaban J connectivity index is 0.00000243. The fourth-order valence-corrected chi connectivity index (χ4v) is 3.41. The first-order valence-electron chi connectivity index (χ1n) is 8.68. The number of nitrogens with zero attached hydrogens (tertiary/aromatic N) is 3. The number of halogens is 1. The summed E-state index contributed by atoms with van der Waals surface area (Å²) in [4.78, 5) is 17.8. The molecule has 0 aliphatic carbocycles. The summed E-state index contributed by atoms with van der Waals surface area (Å²) in [7, 11) is 0. The number of nitro benzene ring substituents is 1. The highest BCUT2D eigenvalue weighted by Gasteiger charge is 2.25. The molecule has 0 radical (unpaired) electrons. The van der Waals surface area contributed by atoms with Crippen LogP contribution in [0, 0.1) is 10.1 Å². The Hall–Kier alpha value is -2.02. The van der Waals surface area contributed by atoms with Crippen LogP contribution in [0.15, 0.2) is 42.7 Å². The summed E-state index contributed by atoms with van der Waals surface area (Å²) in [6.45, 7) is 7.34. The molecule has 1 N–H and O–H groups in total. The van der Waals surface area contributed by atoms with Crippen molar-refractivity contribution in [1.29, 1.82) is 0 Å². The van der Waals surface area contributed by atoms with Crippen molar-refractivity contribution in [3.8, 4) is 0 Å². The van der Waals surface area contributed by atoms with E-state index in [-0.39, 0.29) is 35.0 Å². The van der Waals surface area contributed by atoms with Gasteiger partial charge in [0.1, 0.15) is 0 Å². The van der Waals surface area contributed by atoms with E-state index in [1.54, 1.807) is 12.3 Å². The molecular formula is C19H25ClN4O2. The molecule has 140 valence electrons. The fraction of sp³-hybridized carbons (Fsp3) is 0.421. The number of aromatic nitrogens is 1. The Morgan fingerprint density at radius 2 is 2.19 bits per heavy atom. The van der Waals surface area contributed by atoms with E-state index in [1.807, 2.05) is 38.2 Å². The third-order valence-electron chi connectivity index (χ3n) is 4.72. The molecule has 2 aromatic rings. The molecule has 1 aliphatic rings. The molecule has 1 unspecified atom stereocenters. The van der Waals surface area contributed by atoms with E-state index >= 15 is 0 Å². The predicted octanol–water partition coefficient (Wildman–Crippen LogP) is 3.68. The summed E-state index contributed by atoms with van der Waals surface area (Å²) in [6, 6.07) is 9.92. The Bertz CT molecular complexity index is 740. The second-order valence-corrected chi connectivity index (χ2v) is 6.78. The van der Waals surface area contributed by atoms with Gasteiger partial charge in [0.25, 0.3) is 5.69 Å². The van der Waals surface area contributed by atoms with Gasteiger partial charge in [0, 0.05) is 56.2 Å². The van der Waals surface area contributed by atoms with Gasteiger partial charge in [0.2, 0.25) is 0 Å². The lowest BCUT2D eigenvalue weighted by atomic mass is 9.98. The van der Waals surface area contributed by atoms with Crippen LogP contribution in [-0.4, -0.2) is 34.4 Å². The van der Waals surface area contributed by atoms with Gasteiger partial charge in [-0.2, -0.15) is 0 Å². The molecule has 6 nitrogen and oxygen atoms in total. The van der Waals surface area contributed by atoms with Gasteiger partial charge in [0.05, 0.1) is 4.92 Å². The SMILES string of the molecule is CC(C)c1ccc(CN2CCNCC2c2cccnc2)cc1[N+](=O)[O-].Cl. The van der Waals surface area contributed by atoms with E-state index in [1.165, 1.54) is 5.56 Å². The second-order valence-electron chi connectivity index (χ2n) is 6.78. The zero-order valence-electron chi connectivity index (χ0n) is 15.1. The van der Waals surface area contributed by atoms with Gasteiger partial charge in [-0.25, -0.2) is 0 Å². The van der Waals surface area contributed by atoms with Crippen molar-refractivity contribution < 1.29 is 4.92 Å². The second kappa shape index (κ2) is 9.07. The minimum absolute atomic E-state index is 0. The van der Waals surface area contributed by atoms with Crippen molar-refractivity contribution in [2.45, 2.75) is 32.4 Å². The standard InChI is InChI=1S/C19H24N4O2.ClH/c1-14(2)17-6-5-15(10-18(17)23(24)25)13-22-9-8-21-12-19(22)16-4-3-7-20-11-16;/h3-7,10-11,14,19,21H,8-9,12-13H2,1-2H3;1H. The lowest BCUT2D eigenvalue weighted by Crippen LogP contribution is -2.45. The largest absolute Gasteiger partial charge is 0.314 e. The Kier molecular flexibility index (Phi) is 7.08. The van der Waals surface area contributed by atoms with Gasteiger partial charge in [0.15, 0.2) is 0 Å². The highest BCUT2D eigenvalue weighted by atomic mass is 35.5. The zero-order valence-corrected chi connectivity index (χ0v) is 15.9. The van der Waals surface area contributed by atoms with Gasteiger partial charge in [-0.1, -0.05) is 32.0 Å². The monoisotopic (exact) mass is 376 g/mol. The number of nitro groups is 1. The average molecular weight is 377 g/mol. The van der Waals surface area contributed by atoms with E-state index in [2.05, 4.69) is 21.3 Å². The van der Waals surface area contributed by atoms with E-state index < -0.39 is 0 Å². The molecule has 7 heteroatoms. The topological polar surface area (TPSA) is 71.3 Å². The van der Waals surface area contributed by atoms with Gasteiger partial charge in [-0.05, 0) is 23.1 Å². The number of nitrogens with one attached hydrogen (secondary N) is 1. The zero-order chi connectivity index (χ0) is 17.8. The summed E-state index contributed by atoms with van der Waals surface area (Å²) < 4.78 is 0. The van der Waals surface area contributed by atoms with Crippen LogP contribution >= 0.6 is 12.4 Å². The quantitative estimate of drug-likeness (QED) is 0.636. The highest BCUT2D eigenvalue weighted by molar-refractivity contribution is 5.85. The van der Waals surface area contributed by atoms with Crippen LogP contribution in [0.3, 0.4) is 0 Å². The molecule has 3 rings (SSSR count). The summed E-state index contributed by atoms with van der Waals surface area (Å²) in [5.74, 6) is 0.136. The molecule has 1 atom stereocenters. The average Bonchev–Trinajstić information content (AvgIpc) is 2.62. The van der Waals surface area contributed by atoms with Crippen molar-refractivity contribution in [1.82, 2.24) is 15.2 Å². The molecule has 1 aromatic carbocycles. The summed E-state index contributed by atoms with van der Waals surface area (Å²) in [6.07, 6.45) is 3.67. The van der Waals surface area contributed by atoms with Crippen LogP contribution in [0.4, 0.5) is 5.69 Å². The molecule has 0 bridgehead atoms. The summed E-state index contributed by atoms with van der Waals surface area (Å²) >= 11 is 0. The van der Waals surface area contributed by atoms with Crippen LogP contribution in [0.5, 0.6) is 0 Å². The molecule has 0 saturated carbocycles. The molecule has 2 heterocycles. The van der Waals surface area contributed by atoms with E-state index in [0.717, 1.165) is 30.8 Å². The third kappa shape index (κ3) is 4.58. The minimum Gasteiger partial charge on any atom is -0.314 e. The molecular weight excluding hydrogens is 352 g/mol. The molecule has 1 saturated heterocycles. The molecule has 1 fully saturated rings. The van der Waals surface area contributed by atoms with Crippen molar-refractivity contribution in [3.05, 3.63) is 69.5 Å². The Labute approximate surface area is 160 Å². The van der Waals surface area contributed by atoms with Crippen molar-refractivity contribution in [2.24, 2.45) is 0 Å². The van der Waals surface area contributed by atoms with Gasteiger partial charge >= 0.3 is 0 Å². The first-order chi connectivity index (χ1) is 12.1. The predicted molar refractivity (Wildman–Crippen MR) is 105 cm³/mol. The van der Waals surface area contributed by atoms with Crippen LogP contribution in [0.1, 0.15) is 42.5 Å². The van der Waals surface area contributed by atoms with Crippen molar-refractivity contribution >= 4 is 18.1 Å². The third-order valence-corrected chi connectivity index (χ3v) is 4.72. The molecule has 0 amide bonds. The van der Waals surface area contributed by atoms with Gasteiger partial charge in [-0.15, -0.1) is 12.4 Å². The van der Waals surface area contributed by atoms with Crippen LogP contribution in [0.25, 0.3) is 0 Å². The van der Waals surface area contributed by atoms with Crippen molar-refractivity contribution in [3.63, 3.8) is 0 Å². The molecule has 1 aromatic heterocycles. The van der Waals surface area contributed by atoms with E-state index in [4.69, 9.17) is 0 Å². The smallest absolute Gasteiger partial charge is 0.273 e. The molecule has 0 spiro atoms. The van der Waals surface area contributed by atoms with Crippen LogP contribution < -0.4 is 5.32 Å². The van der Waals surface area contributed by atoms with Gasteiger partial charge in [-0.3, -0.25) is 20.0 Å².